The zero-order valence-corrected chi connectivity index (χ0v) is 43.1. The number of hydrogen-bond donors (Lipinski definition) is 3. The SMILES string of the molecule is CCCCC/C=C/CC/C=C/CC/C=C/C(O)C(CO)NC(=O)CCCCCCCCCCCCCCCCCCC/C=C\C/C=C\CCCCCCCCCCCCCCCCC. The molecule has 0 radical (unpaired) electrons. The van der Waals surface area contributed by atoms with Crippen LogP contribution in [-0.4, -0.2) is 34.9 Å². The lowest BCUT2D eigenvalue weighted by molar-refractivity contribution is -0.123. The van der Waals surface area contributed by atoms with Crippen molar-refractivity contribution in [1.82, 2.24) is 5.32 Å². The third-order valence-electron chi connectivity index (χ3n) is 13.0. The van der Waals surface area contributed by atoms with Crippen molar-refractivity contribution >= 4 is 5.91 Å². The number of aliphatic hydroxyl groups is 2. The van der Waals surface area contributed by atoms with E-state index in [0.717, 1.165) is 44.9 Å². The molecule has 2 unspecified atom stereocenters. The molecule has 0 heterocycles. The minimum absolute atomic E-state index is 0.0775. The fourth-order valence-corrected chi connectivity index (χ4v) is 8.60. The highest BCUT2D eigenvalue weighted by Gasteiger charge is 2.18. The van der Waals surface area contributed by atoms with E-state index in [1.54, 1.807) is 6.08 Å². The molecule has 3 N–H and O–H groups in total. The number of unbranched alkanes of at least 4 members (excludes halogenated alkanes) is 37. The molecule has 0 spiro atoms. The first-order valence-electron chi connectivity index (χ1n) is 28.5. The van der Waals surface area contributed by atoms with E-state index in [4.69, 9.17) is 0 Å². The van der Waals surface area contributed by atoms with Gasteiger partial charge in [-0.2, -0.15) is 0 Å². The maximum absolute atomic E-state index is 12.4. The largest absolute Gasteiger partial charge is 0.394 e. The smallest absolute Gasteiger partial charge is 0.220 e. The number of rotatable bonds is 52. The third kappa shape index (κ3) is 51.1. The van der Waals surface area contributed by atoms with Crippen LogP contribution in [0.1, 0.15) is 296 Å². The molecule has 4 heteroatoms. The van der Waals surface area contributed by atoms with Gasteiger partial charge in [0.15, 0.2) is 0 Å². The second-order valence-electron chi connectivity index (χ2n) is 19.3. The Bertz CT molecular complexity index is 1060. The molecule has 0 saturated heterocycles. The average molecular weight is 895 g/mol. The monoisotopic (exact) mass is 894 g/mol. The fourth-order valence-electron chi connectivity index (χ4n) is 8.60. The van der Waals surface area contributed by atoms with Crippen molar-refractivity contribution in [2.45, 2.75) is 309 Å². The molecule has 0 rings (SSSR count). The number of carbonyl (C=O) groups is 1. The van der Waals surface area contributed by atoms with Crippen molar-refractivity contribution in [2.75, 3.05) is 6.61 Å². The van der Waals surface area contributed by atoms with Gasteiger partial charge in [-0.25, -0.2) is 0 Å². The first kappa shape index (κ1) is 62.1. The van der Waals surface area contributed by atoms with E-state index in [2.05, 4.69) is 67.8 Å². The zero-order valence-electron chi connectivity index (χ0n) is 43.1. The summed E-state index contributed by atoms with van der Waals surface area (Å²) in [4.78, 5) is 12.4. The van der Waals surface area contributed by atoms with Crippen LogP contribution in [0.3, 0.4) is 0 Å². The summed E-state index contributed by atoms with van der Waals surface area (Å²) in [5, 5.41) is 23.0. The van der Waals surface area contributed by atoms with Crippen molar-refractivity contribution < 1.29 is 15.0 Å². The number of carbonyl (C=O) groups excluding carboxylic acids is 1. The van der Waals surface area contributed by atoms with E-state index < -0.39 is 12.1 Å². The van der Waals surface area contributed by atoms with E-state index in [-0.39, 0.29) is 12.5 Å². The Morgan fingerprint density at radius 1 is 0.375 bits per heavy atom. The van der Waals surface area contributed by atoms with Crippen molar-refractivity contribution in [3.05, 3.63) is 60.8 Å². The van der Waals surface area contributed by atoms with Gasteiger partial charge >= 0.3 is 0 Å². The molecule has 0 aliphatic carbocycles. The van der Waals surface area contributed by atoms with Crippen LogP contribution in [0.4, 0.5) is 0 Å². The summed E-state index contributed by atoms with van der Waals surface area (Å²) in [6, 6.07) is -0.646. The van der Waals surface area contributed by atoms with Gasteiger partial charge in [0.05, 0.1) is 18.8 Å². The second-order valence-corrected chi connectivity index (χ2v) is 19.3. The molecule has 0 saturated carbocycles. The van der Waals surface area contributed by atoms with Crippen LogP contribution in [0.25, 0.3) is 0 Å². The summed E-state index contributed by atoms with van der Waals surface area (Å²) >= 11 is 0. The molecule has 374 valence electrons. The van der Waals surface area contributed by atoms with Gasteiger partial charge in [0.1, 0.15) is 0 Å². The lowest BCUT2D eigenvalue weighted by atomic mass is 10.0. The number of allylic oxidation sites excluding steroid dienone is 9. The molecule has 0 fully saturated rings. The highest BCUT2D eigenvalue weighted by Crippen LogP contribution is 2.16. The predicted molar refractivity (Wildman–Crippen MR) is 285 cm³/mol. The van der Waals surface area contributed by atoms with Crippen LogP contribution < -0.4 is 5.32 Å². The number of hydrogen-bond acceptors (Lipinski definition) is 3. The molecule has 2 atom stereocenters. The molecule has 0 aromatic rings. The van der Waals surface area contributed by atoms with E-state index in [0.29, 0.717) is 6.42 Å². The van der Waals surface area contributed by atoms with E-state index in [1.165, 1.54) is 231 Å². The molecular formula is C60H111NO3. The Morgan fingerprint density at radius 3 is 1.03 bits per heavy atom. The molecule has 0 aromatic heterocycles. The first-order valence-corrected chi connectivity index (χ1v) is 28.5. The van der Waals surface area contributed by atoms with Crippen molar-refractivity contribution in [3.8, 4) is 0 Å². The Labute approximate surface area is 400 Å². The Morgan fingerprint density at radius 2 is 0.656 bits per heavy atom. The van der Waals surface area contributed by atoms with Crippen LogP contribution in [0.15, 0.2) is 60.8 Å². The maximum atomic E-state index is 12.4. The van der Waals surface area contributed by atoms with Crippen LogP contribution in [0.5, 0.6) is 0 Å². The van der Waals surface area contributed by atoms with Crippen LogP contribution in [0.2, 0.25) is 0 Å². The van der Waals surface area contributed by atoms with Gasteiger partial charge < -0.3 is 15.5 Å². The minimum atomic E-state index is -0.870. The molecule has 0 aromatic carbocycles. The fraction of sp³-hybridized carbons (Fsp3) is 0.817. The van der Waals surface area contributed by atoms with Gasteiger partial charge in [-0.3, -0.25) is 4.79 Å². The van der Waals surface area contributed by atoms with E-state index in [1.807, 2.05) is 6.08 Å². The lowest BCUT2D eigenvalue weighted by Crippen LogP contribution is -2.45. The zero-order chi connectivity index (χ0) is 46.3. The van der Waals surface area contributed by atoms with Crippen LogP contribution >= 0.6 is 0 Å². The highest BCUT2D eigenvalue weighted by atomic mass is 16.3. The first-order chi connectivity index (χ1) is 31.7. The lowest BCUT2D eigenvalue weighted by Gasteiger charge is -2.19. The summed E-state index contributed by atoms with van der Waals surface area (Å²) < 4.78 is 0. The Hall–Kier alpha value is -1.91. The molecular weight excluding hydrogens is 783 g/mol. The molecule has 64 heavy (non-hydrogen) atoms. The summed E-state index contributed by atoms with van der Waals surface area (Å²) in [6.07, 6.45) is 78.4. The molecule has 0 aliphatic heterocycles. The van der Waals surface area contributed by atoms with Crippen molar-refractivity contribution in [3.63, 3.8) is 0 Å². The van der Waals surface area contributed by atoms with Gasteiger partial charge in [0, 0.05) is 6.42 Å². The standard InChI is InChI=1S/C60H111NO3/c1-3-5-7-9-11-13-15-17-18-19-20-21-22-23-24-25-26-27-28-29-30-31-32-33-34-35-36-37-38-39-40-41-42-44-46-48-50-52-54-56-60(64)61-58(57-62)59(63)55-53-51-49-47-45-43-16-14-12-10-8-6-4-2/h12,14,26-27,29-30,45,47,53,55,58-59,62-63H,3-11,13,15-25,28,31-44,46,48-52,54,56-57H2,1-2H3,(H,61,64)/b14-12+,27-26-,30-29-,47-45+,55-53+. The van der Waals surface area contributed by atoms with Gasteiger partial charge in [-0.05, 0) is 77.0 Å². The number of nitrogens with one attached hydrogen (secondary N) is 1. The topological polar surface area (TPSA) is 69.6 Å². The van der Waals surface area contributed by atoms with Crippen LogP contribution in [-0.2, 0) is 4.79 Å². The number of amides is 1. The molecule has 1 amide bonds. The second kappa shape index (κ2) is 55.4. The quantitative estimate of drug-likeness (QED) is 0.0421. The molecule has 0 bridgehead atoms. The van der Waals surface area contributed by atoms with Crippen molar-refractivity contribution in [2.24, 2.45) is 0 Å². The van der Waals surface area contributed by atoms with Gasteiger partial charge in [-0.15, -0.1) is 0 Å². The summed E-state index contributed by atoms with van der Waals surface area (Å²) in [7, 11) is 0. The Balaban J connectivity index is 3.44. The predicted octanol–water partition coefficient (Wildman–Crippen LogP) is 18.8. The van der Waals surface area contributed by atoms with Gasteiger partial charge in [0.25, 0.3) is 0 Å². The van der Waals surface area contributed by atoms with E-state index in [9.17, 15) is 15.0 Å². The van der Waals surface area contributed by atoms with Gasteiger partial charge in [0.2, 0.25) is 5.91 Å². The summed E-state index contributed by atoms with van der Waals surface area (Å²) in [5.41, 5.74) is 0. The average Bonchev–Trinajstić information content (AvgIpc) is 3.30. The Kier molecular flexibility index (Phi) is 53.8. The van der Waals surface area contributed by atoms with Crippen molar-refractivity contribution in [1.29, 1.82) is 0 Å². The van der Waals surface area contributed by atoms with E-state index >= 15 is 0 Å². The van der Waals surface area contributed by atoms with Gasteiger partial charge in [-0.1, -0.05) is 274 Å². The molecule has 0 aliphatic rings. The summed E-state index contributed by atoms with van der Waals surface area (Å²) in [6.45, 7) is 4.27. The maximum Gasteiger partial charge on any atom is 0.220 e. The minimum Gasteiger partial charge on any atom is -0.394 e. The molecule has 4 nitrogen and oxygen atoms in total. The normalized spacial score (nSPS) is 13.2. The van der Waals surface area contributed by atoms with Crippen LogP contribution in [0, 0.1) is 0 Å². The highest BCUT2D eigenvalue weighted by molar-refractivity contribution is 5.76. The third-order valence-corrected chi connectivity index (χ3v) is 13.0. The number of aliphatic hydroxyl groups excluding tert-OH is 2. The summed E-state index contributed by atoms with van der Waals surface area (Å²) in [5.74, 6) is -0.0775.